The van der Waals surface area contributed by atoms with Gasteiger partial charge in [-0.05, 0) is 11.6 Å². The third kappa shape index (κ3) is 1.98. The van der Waals surface area contributed by atoms with Gasteiger partial charge in [0.25, 0.3) is 0 Å². The van der Waals surface area contributed by atoms with Gasteiger partial charge in [0.2, 0.25) is 5.91 Å². The minimum atomic E-state index is -0.955. The van der Waals surface area contributed by atoms with E-state index < -0.39 is 17.4 Å². The Morgan fingerprint density at radius 2 is 1.89 bits per heavy atom. The second kappa shape index (κ2) is 4.12. The van der Waals surface area contributed by atoms with Crippen molar-refractivity contribution in [2.24, 2.45) is 5.41 Å². The van der Waals surface area contributed by atoms with Gasteiger partial charge >= 0.3 is 5.97 Å². The van der Waals surface area contributed by atoms with Crippen LogP contribution in [0.1, 0.15) is 26.3 Å². The molecule has 1 unspecified atom stereocenters. The van der Waals surface area contributed by atoms with Crippen molar-refractivity contribution in [2.75, 3.05) is 4.90 Å². The Labute approximate surface area is 106 Å². The van der Waals surface area contributed by atoms with Gasteiger partial charge in [-0.15, -0.1) is 0 Å². The van der Waals surface area contributed by atoms with Crippen LogP contribution in [0.15, 0.2) is 24.3 Å². The predicted octanol–water partition coefficient (Wildman–Crippen LogP) is 2.08. The molecule has 4 nitrogen and oxygen atoms in total. The molecule has 0 radical (unpaired) electrons. The molecule has 1 aromatic rings. The zero-order valence-corrected chi connectivity index (χ0v) is 10.8. The Hall–Kier alpha value is -1.84. The molecule has 0 saturated carbocycles. The van der Waals surface area contributed by atoms with Crippen LogP contribution in [-0.2, 0) is 16.0 Å². The molecule has 2 rings (SSSR count). The van der Waals surface area contributed by atoms with Gasteiger partial charge in [-0.1, -0.05) is 39.0 Å². The van der Waals surface area contributed by atoms with Crippen molar-refractivity contribution in [2.45, 2.75) is 33.2 Å². The van der Waals surface area contributed by atoms with E-state index in [1.807, 2.05) is 24.3 Å². The van der Waals surface area contributed by atoms with Crippen LogP contribution in [0.3, 0.4) is 0 Å². The minimum absolute atomic E-state index is 0.153. The average molecular weight is 247 g/mol. The maximum Gasteiger partial charge on any atom is 0.327 e. The molecule has 1 atom stereocenters. The number of nitrogens with zero attached hydrogens (tertiary/aromatic N) is 1. The molecule has 0 fully saturated rings. The summed E-state index contributed by atoms with van der Waals surface area (Å²) in [5.41, 5.74) is 1.05. The Bertz CT molecular complexity index is 502. The van der Waals surface area contributed by atoms with E-state index in [1.165, 1.54) is 4.90 Å². The van der Waals surface area contributed by atoms with Crippen LogP contribution in [0.2, 0.25) is 0 Å². The van der Waals surface area contributed by atoms with Gasteiger partial charge < -0.3 is 5.11 Å². The summed E-state index contributed by atoms with van der Waals surface area (Å²) in [5, 5.41) is 9.28. The molecule has 0 bridgehead atoms. The number of carbonyl (C=O) groups excluding carboxylic acids is 1. The fourth-order valence-corrected chi connectivity index (χ4v) is 2.20. The molecule has 0 saturated heterocycles. The maximum absolute atomic E-state index is 12.4. The summed E-state index contributed by atoms with van der Waals surface area (Å²) in [6.07, 6.45) is 0.382. The van der Waals surface area contributed by atoms with E-state index in [2.05, 4.69) is 0 Å². The average Bonchev–Trinajstić information content (AvgIpc) is 2.65. The topological polar surface area (TPSA) is 57.6 Å². The quantitative estimate of drug-likeness (QED) is 0.826. The van der Waals surface area contributed by atoms with Crippen LogP contribution in [0.25, 0.3) is 0 Å². The second-order valence-electron chi connectivity index (χ2n) is 5.61. The largest absolute Gasteiger partial charge is 0.480 e. The van der Waals surface area contributed by atoms with E-state index in [0.717, 1.165) is 11.3 Å². The van der Waals surface area contributed by atoms with Gasteiger partial charge in [0.1, 0.15) is 6.04 Å². The number of anilines is 1. The molecule has 0 spiro atoms. The van der Waals surface area contributed by atoms with Crippen molar-refractivity contribution in [1.29, 1.82) is 0 Å². The normalized spacial score (nSPS) is 18.6. The van der Waals surface area contributed by atoms with Crippen LogP contribution in [0.4, 0.5) is 5.69 Å². The lowest BCUT2D eigenvalue weighted by atomic mass is 9.94. The zero-order valence-electron chi connectivity index (χ0n) is 10.8. The van der Waals surface area contributed by atoms with Crippen LogP contribution in [0.5, 0.6) is 0 Å². The van der Waals surface area contributed by atoms with Crippen molar-refractivity contribution < 1.29 is 14.7 Å². The fourth-order valence-electron chi connectivity index (χ4n) is 2.20. The predicted molar refractivity (Wildman–Crippen MR) is 68.5 cm³/mol. The second-order valence-corrected chi connectivity index (χ2v) is 5.61. The lowest BCUT2D eigenvalue weighted by Gasteiger charge is -2.29. The van der Waals surface area contributed by atoms with E-state index in [1.54, 1.807) is 20.8 Å². The number of carboxylic acid groups (broad SMARTS) is 1. The summed E-state index contributed by atoms with van der Waals surface area (Å²) in [5.74, 6) is -1.11. The van der Waals surface area contributed by atoms with Crippen molar-refractivity contribution in [3.05, 3.63) is 29.8 Å². The molecule has 1 heterocycles. The number of para-hydroxylation sites is 1. The van der Waals surface area contributed by atoms with E-state index in [0.29, 0.717) is 6.42 Å². The van der Waals surface area contributed by atoms with Gasteiger partial charge in [-0.2, -0.15) is 0 Å². The third-order valence-electron chi connectivity index (χ3n) is 3.12. The number of fused-ring (bicyclic) bond motifs is 1. The summed E-state index contributed by atoms with van der Waals surface area (Å²) in [4.78, 5) is 25.2. The first-order valence-electron chi connectivity index (χ1n) is 5.97. The first kappa shape index (κ1) is 12.6. The minimum Gasteiger partial charge on any atom is -0.480 e. The van der Waals surface area contributed by atoms with Crippen molar-refractivity contribution >= 4 is 17.6 Å². The molecule has 1 amide bonds. The lowest BCUT2D eigenvalue weighted by Crippen LogP contribution is -2.47. The zero-order chi connectivity index (χ0) is 13.5. The molecule has 1 N–H and O–H groups in total. The van der Waals surface area contributed by atoms with Crippen molar-refractivity contribution in [3.8, 4) is 0 Å². The highest BCUT2D eigenvalue weighted by atomic mass is 16.4. The van der Waals surface area contributed by atoms with Gasteiger partial charge in [0.05, 0.1) is 0 Å². The van der Waals surface area contributed by atoms with Gasteiger partial charge in [0, 0.05) is 17.5 Å². The van der Waals surface area contributed by atoms with Gasteiger partial charge in [-0.25, -0.2) is 4.79 Å². The lowest BCUT2D eigenvalue weighted by molar-refractivity contribution is -0.140. The number of rotatable bonds is 1. The monoisotopic (exact) mass is 247 g/mol. The highest BCUT2D eigenvalue weighted by Crippen LogP contribution is 2.35. The summed E-state index contributed by atoms with van der Waals surface area (Å²) < 4.78 is 0. The standard InChI is InChI=1S/C14H17NO3/c1-14(2,3)13(18)15-10-7-5-4-6-9(10)8-11(15)12(16)17/h4-7,11H,8H2,1-3H3,(H,16,17). The van der Waals surface area contributed by atoms with Crippen LogP contribution >= 0.6 is 0 Å². The van der Waals surface area contributed by atoms with Crippen molar-refractivity contribution in [3.63, 3.8) is 0 Å². The van der Waals surface area contributed by atoms with E-state index in [9.17, 15) is 14.7 Å². The number of hydrogen-bond donors (Lipinski definition) is 1. The molecule has 1 aliphatic heterocycles. The molecular formula is C14H17NO3. The number of carbonyl (C=O) groups is 2. The smallest absolute Gasteiger partial charge is 0.327 e. The Morgan fingerprint density at radius 1 is 1.28 bits per heavy atom. The van der Waals surface area contributed by atoms with Gasteiger partial charge in [-0.3, -0.25) is 9.69 Å². The van der Waals surface area contributed by atoms with Crippen LogP contribution < -0.4 is 4.90 Å². The molecule has 0 aromatic heterocycles. The molecule has 1 aromatic carbocycles. The molecule has 96 valence electrons. The number of carboxylic acids is 1. The van der Waals surface area contributed by atoms with Crippen LogP contribution in [-0.4, -0.2) is 23.0 Å². The summed E-state index contributed by atoms with van der Waals surface area (Å²) in [6.45, 7) is 5.40. The molecular weight excluding hydrogens is 230 g/mol. The summed E-state index contributed by atoms with van der Waals surface area (Å²) in [7, 11) is 0. The SMILES string of the molecule is CC(C)(C)C(=O)N1c2ccccc2CC1C(=O)O. The highest BCUT2D eigenvalue weighted by Gasteiger charge is 2.41. The maximum atomic E-state index is 12.4. The third-order valence-corrected chi connectivity index (χ3v) is 3.12. The van der Waals surface area contributed by atoms with E-state index >= 15 is 0 Å². The first-order chi connectivity index (χ1) is 8.32. The van der Waals surface area contributed by atoms with E-state index in [-0.39, 0.29) is 5.91 Å². The number of amides is 1. The highest BCUT2D eigenvalue weighted by molar-refractivity contribution is 6.04. The van der Waals surface area contributed by atoms with Gasteiger partial charge in [0.15, 0.2) is 0 Å². The van der Waals surface area contributed by atoms with Crippen molar-refractivity contribution in [1.82, 2.24) is 0 Å². The molecule has 0 aliphatic carbocycles. The number of benzene rings is 1. The molecule has 18 heavy (non-hydrogen) atoms. The fraction of sp³-hybridized carbons (Fsp3) is 0.429. The number of aliphatic carboxylic acids is 1. The molecule has 4 heteroatoms. The first-order valence-corrected chi connectivity index (χ1v) is 5.97. The molecule has 1 aliphatic rings. The number of hydrogen-bond acceptors (Lipinski definition) is 2. The Balaban J connectivity index is 2.47. The summed E-state index contributed by atoms with van der Waals surface area (Å²) in [6, 6.07) is 6.59. The Kier molecular flexibility index (Phi) is 2.89. The van der Waals surface area contributed by atoms with E-state index in [4.69, 9.17) is 0 Å². The van der Waals surface area contributed by atoms with Crippen LogP contribution in [0, 0.1) is 5.41 Å². The Morgan fingerprint density at radius 3 is 2.44 bits per heavy atom. The summed E-state index contributed by atoms with van der Waals surface area (Å²) >= 11 is 0.